The Bertz CT molecular complexity index is 1920. The standard InChI is InChI=1S/C30H32FN7O4S/c1-36-28(30(41-2)34-35-36)20-17-24-26(32-18-20)22-7-8-25(37-11-15-43(39,40)16-12-37)33-29(22)38(24)27(19-9-13-42-14-10-19)21-5-3-4-6-23(21)31/h3-8,17-19,27H,9-16H2,1-2H3/t27-/m0/s1. The van der Waals surface area contributed by atoms with Crippen LogP contribution >= 0.6 is 0 Å². The number of halogens is 1. The molecule has 0 spiro atoms. The summed E-state index contributed by atoms with van der Waals surface area (Å²) in [5, 5.41) is 9.09. The Kier molecular flexibility index (Phi) is 7.01. The molecule has 2 saturated heterocycles. The van der Waals surface area contributed by atoms with Gasteiger partial charge in [0, 0.05) is 56.1 Å². The molecule has 5 aromatic rings. The van der Waals surface area contributed by atoms with Crippen LogP contribution in [0.3, 0.4) is 0 Å². The van der Waals surface area contributed by atoms with Gasteiger partial charge >= 0.3 is 0 Å². The smallest absolute Gasteiger partial charge is 0.261 e. The predicted molar refractivity (Wildman–Crippen MR) is 161 cm³/mol. The fraction of sp³-hybridized carbons (Fsp3) is 0.400. The first-order valence-corrected chi connectivity index (χ1v) is 16.2. The highest BCUT2D eigenvalue weighted by Crippen LogP contribution is 2.42. The zero-order valence-electron chi connectivity index (χ0n) is 24.0. The predicted octanol–water partition coefficient (Wildman–Crippen LogP) is 3.78. The quantitative estimate of drug-likeness (QED) is 0.285. The van der Waals surface area contributed by atoms with E-state index in [2.05, 4.69) is 14.9 Å². The molecule has 0 unspecified atom stereocenters. The van der Waals surface area contributed by atoms with Crippen LogP contribution in [-0.2, 0) is 21.6 Å². The number of hydrogen-bond donors (Lipinski definition) is 0. The van der Waals surface area contributed by atoms with Gasteiger partial charge in [-0.3, -0.25) is 4.98 Å². The number of anilines is 1. The lowest BCUT2D eigenvalue weighted by molar-refractivity contribution is 0.0548. The number of benzene rings is 1. The number of methoxy groups -OCH3 is 1. The van der Waals surface area contributed by atoms with Crippen LogP contribution in [0.25, 0.3) is 33.3 Å². The van der Waals surface area contributed by atoms with E-state index in [1.165, 1.54) is 6.07 Å². The molecule has 2 aliphatic rings. The van der Waals surface area contributed by atoms with E-state index in [4.69, 9.17) is 19.4 Å². The molecule has 0 N–H and O–H groups in total. The van der Waals surface area contributed by atoms with E-state index in [0.717, 1.165) is 34.8 Å². The summed E-state index contributed by atoms with van der Waals surface area (Å²) in [7, 11) is 0.282. The van der Waals surface area contributed by atoms with Crippen LogP contribution < -0.4 is 9.64 Å². The van der Waals surface area contributed by atoms with E-state index in [0.29, 0.717) is 54.9 Å². The van der Waals surface area contributed by atoms with Crippen molar-refractivity contribution in [1.29, 1.82) is 0 Å². The maximum atomic E-state index is 15.7. The normalized spacial score (nSPS) is 18.3. The topological polar surface area (TPSA) is 117 Å². The van der Waals surface area contributed by atoms with E-state index < -0.39 is 15.9 Å². The van der Waals surface area contributed by atoms with Crippen molar-refractivity contribution in [3.05, 3.63) is 60.0 Å². The Hall–Kier alpha value is -4.10. The molecule has 43 heavy (non-hydrogen) atoms. The third-order valence-corrected chi connectivity index (χ3v) is 10.2. The number of aromatic nitrogens is 6. The summed E-state index contributed by atoms with van der Waals surface area (Å²) in [6.07, 6.45) is 3.29. The van der Waals surface area contributed by atoms with Crippen molar-refractivity contribution >= 4 is 37.7 Å². The minimum absolute atomic E-state index is 0.0756. The summed E-state index contributed by atoms with van der Waals surface area (Å²) in [5.41, 5.74) is 4.20. The van der Waals surface area contributed by atoms with Gasteiger partial charge in [-0.2, -0.15) is 0 Å². The summed E-state index contributed by atoms with van der Waals surface area (Å²) in [6.45, 7) is 1.92. The molecule has 224 valence electrons. The number of hydrogen-bond acceptors (Lipinski definition) is 9. The Morgan fingerprint density at radius 3 is 2.60 bits per heavy atom. The number of fused-ring (bicyclic) bond motifs is 3. The second-order valence-corrected chi connectivity index (χ2v) is 13.4. The van der Waals surface area contributed by atoms with Gasteiger partial charge in [0.2, 0.25) is 0 Å². The van der Waals surface area contributed by atoms with Crippen LogP contribution in [0.15, 0.2) is 48.7 Å². The molecule has 0 amide bonds. The summed E-state index contributed by atoms with van der Waals surface area (Å²) in [4.78, 5) is 12.1. The molecule has 0 bridgehead atoms. The summed E-state index contributed by atoms with van der Waals surface area (Å²) in [6, 6.07) is 12.4. The lowest BCUT2D eigenvalue weighted by atomic mass is 9.86. The lowest BCUT2D eigenvalue weighted by Crippen LogP contribution is -2.40. The molecule has 1 atom stereocenters. The third-order valence-electron chi connectivity index (χ3n) is 8.62. The van der Waals surface area contributed by atoms with Gasteiger partial charge < -0.3 is 18.9 Å². The van der Waals surface area contributed by atoms with Gasteiger partial charge in [-0.25, -0.2) is 22.5 Å². The van der Waals surface area contributed by atoms with Gasteiger partial charge in [0.15, 0.2) is 9.84 Å². The average molecular weight is 606 g/mol. The van der Waals surface area contributed by atoms with Crippen LogP contribution in [0, 0.1) is 11.7 Å². The number of aryl methyl sites for hydroxylation is 1. The van der Waals surface area contributed by atoms with Crippen molar-refractivity contribution in [1.82, 2.24) is 29.5 Å². The van der Waals surface area contributed by atoms with Crippen molar-refractivity contribution in [2.45, 2.75) is 18.9 Å². The lowest BCUT2D eigenvalue weighted by Gasteiger charge is -2.33. The Morgan fingerprint density at radius 1 is 1.09 bits per heavy atom. The van der Waals surface area contributed by atoms with Gasteiger partial charge in [-0.15, -0.1) is 0 Å². The average Bonchev–Trinajstić information content (AvgIpc) is 3.55. The van der Waals surface area contributed by atoms with Crippen LogP contribution in [0.4, 0.5) is 10.2 Å². The van der Waals surface area contributed by atoms with Gasteiger partial charge in [0.05, 0.1) is 35.7 Å². The maximum Gasteiger partial charge on any atom is 0.261 e. The van der Waals surface area contributed by atoms with Crippen molar-refractivity contribution in [2.75, 3.05) is 49.8 Å². The fourth-order valence-electron chi connectivity index (χ4n) is 6.43. The monoisotopic (exact) mass is 605 g/mol. The van der Waals surface area contributed by atoms with E-state index in [9.17, 15) is 8.42 Å². The molecule has 13 heteroatoms. The van der Waals surface area contributed by atoms with Crippen LogP contribution in [0.1, 0.15) is 24.4 Å². The zero-order chi connectivity index (χ0) is 29.7. The first kappa shape index (κ1) is 27.7. The number of pyridine rings is 2. The molecule has 6 heterocycles. The Morgan fingerprint density at radius 2 is 1.86 bits per heavy atom. The molecule has 2 aliphatic heterocycles. The molecule has 1 aromatic carbocycles. The zero-order valence-corrected chi connectivity index (χ0v) is 24.8. The Balaban J connectivity index is 1.50. The van der Waals surface area contributed by atoms with Crippen LogP contribution in [-0.4, -0.2) is 82.9 Å². The van der Waals surface area contributed by atoms with Crippen molar-refractivity contribution in [3.8, 4) is 17.1 Å². The molecule has 0 radical (unpaired) electrons. The second-order valence-electron chi connectivity index (χ2n) is 11.1. The van der Waals surface area contributed by atoms with E-state index in [1.807, 2.05) is 35.2 Å². The number of ether oxygens (including phenoxy) is 2. The SMILES string of the molecule is COc1nnn(C)c1-c1cnc2c3ccc(N4CCS(=O)(=O)CC4)nc3n([C@H](c3ccccc3F)C3CCOCC3)c2c1. The molecule has 0 saturated carbocycles. The van der Waals surface area contributed by atoms with E-state index in [1.54, 1.807) is 31.1 Å². The van der Waals surface area contributed by atoms with E-state index in [-0.39, 0.29) is 23.2 Å². The van der Waals surface area contributed by atoms with E-state index >= 15 is 4.39 Å². The van der Waals surface area contributed by atoms with Crippen LogP contribution in [0.5, 0.6) is 5.88 Å². The van der Waals surface area contributed by atoms with Gasteiger partial charge in [-0.05, 0) is 43.0 Å². The molecular weight excluding hydrogens is 573 g/mol. The molecular formula is C30H32FN7O4S. The van der Waals surface area contributed by atoms with Gasteiger partial charge in [0.25, 0.3) is 5.88 Å². The molecule has 7 rings (SSSR count). The highest BCUT2D eigenvalue weighted by molar-refractivity contribution is 7.91. The second kappa shape index (κ2) is 10.9. The molecule has 2 fully saturated rings. The van der Waals surface area contributed by atoms with Crippen molar-refractivity contribution < 1.29 is 22.3 Å². The summed E-state index contributed by atoms with van der Waals surface area (Å²) >= 11 is 0. The maximum absolute atomic E-state index is 15.7. The van der Waals surface area contributed by atoms with Crippen molar-refractivity contribution in [3.63, 3.8) is 0 Å². The number of sulfone groups is 1. The third kappa shape index (κ3) is 4.89. The summed E-state index contributed by atoms with van der Waals surface area (Å²) in [5.74, 6) is 1.02. The van der Waals surface area contributed by atoms with Crippen LogP contribution in [0.2, 0.25) is 0 Å². The number of nitrogens with zero attached hydrogens (tertiary/aromatic N) is 7. The molecule has 4 aromatic heterocycles. The number of rotatable bonds is 6. The Labute approximate surface area is 248 Å². The first-order valence-electron chi connectivity index (χ1n) is 14.4. The highest BCUT2D eigenvalue weighted by atomic mass is 32.2. The van der Waals surface area contributed by atoms with Crippen molar-refractivity contribution in [2.24, 2.45) is 13.0 Å². The highest BCUT2D eigenvalue weighted by Gasteiger charge is 2.33. The minimum Gasteiger partial charge on any atom is -0.478 e. The molecule has 11 nitrogen and oxygen atoms in total. The largest absolute Gasteiger partial charge is 0.478 e. The molecule has 0 aliphatic carbocycles. The first-order chi connectivity index (χ1) is 20.8. The van der Waals surface area contributed by atoms with Gasteiger partial charge in [0.1, 0.15) is 23.0 Å². The van der Waals surface area contributed by atoms with Gasteiger partial charge in [-0.1, -0.05) is 28.5 Å². The fourth-order valence-corrected chi connectivity index (χ4v) is 7.63. The summed E-state index contributed by atoms with van der Waals surface area (Å²) < 4.78 is 54.9. The minimum atomic E-state index is -3.06.